The van der Waals surface area contributed by atoms with E-state index in [9.17, 15) is 18.4 Å². The van der Waals surface area contributed by atoms with Gasteiger partial charge in [0.15, 0.2) is 0 Å². The number of benzene rings is 2. The number of halogens is 2. The molecule has 0 aliphatic carbocycles. The van der Waals surface area contributed by atoms with Gasteiger partial charge in [0.1, 0.15) is 17.7 Å². The molecule has 0 fully saturated rings. The molecule has 0 aromatic heterocycles. The van der Waals surface area contributed by atoms with Gasteiger partial charge in [-0.25, -0.2) is 8.78 Å². The Morgan fingerprint density at radius 1 is 1.08 bits per heavy atom. The zero-order valence-electron chi connectivity index (χ0n) is 14.8. The van der Waals surface area contributed by atoms with E-state index >= 15 is 0 Å². The van der Waals surface area contributed by atoms with Gasteiger partial charge in [-0.1, -0.05) is 37.3 Å². The molecule has 1 N–H and O–H groups in total. The Kier molecular flexibility index (Phi) is 6.83. The van der Waals surface area contributed by atoms with E-state index in [4.69, 9.17) is 0 Å². The molecule has 4 nitrogen and oxygen atoms in total. The van der Waals surface area contributed by atoms with Gasteiger partial charge < -0.3 is 10.2 Å². The maximum Gasteiger partial charge on any atom is 0.242 e. The maximum absolute atomic E-state index is 13.9. The fourth-order valence-electron chi connectivity index (χ4n) is 2.78. The Morgan fingerprint density at radius 2 is 1.73 bits per heavy atom. The van der Waals surface area contributed by atoms with Crippen LogP contribution in [0.15, 0.2) is 48.5 Å². The highest BCUT2D eigenvalue weighted by Crippen LogP contribution is 2.16. The van der Waals surface area contributed by atoms with E-state index in [1.54, 1.807) is 37.3 Å². The molecule has 138 valence electrons. The number of hydrogen-bond acceptors (Lipinski definition) is 2. The molecule has 0 saturated carbocycles. The topological polar surface area (TPSA) is 49.4 Å². The highest BCUT2D eigenvalue weighted by molar-refractivity contribution is 5.88. The van der Waals surface area contributed by atoms with Crippen molar-refractivity contribution in [2.75, 3.05) is 7.05 Å². The first-order valence-corrected chi connectivity index (χ1v) is 8.45. The van der Waals surface area contributed by atoms with Crippen LogP contribution in [0, 0.1) is 11.6 Å². The molecular formula is C20H22F2N2O2. The predicted octanol–water partition coefficient (Wildman–Crippen LogP) is 3.06. The summed E-state index contributed by atoms with van der Waals surface area (Å²) in [4.78, 5) is 26.5. The monoisotopic (exact) mass is 360 g/mol. The minimum atomic E-state index is -0.690. The van der Waals surface area contributed by atoms with Gasteiger partial charge in [-0.3, -0.25) is 9.59 Å². The van der Waals surface area contributed by atoms with Crippen molar-refractivity contribution < 1.29 is 18.4 Å². The van der Waals surface area contributed by atoms with E-state index in [2.05, 4.69) is 5.32 Å². The fourth-order valence-corrected chi connectivity index (χ4v) is 2.78. The van der Waals surface area contributed by atoms with Gasteiger partial charge in [-0.15, -0.1) is 0 Å². The molecule has 2 rings (SSSR count). The number of carbonyl (C=O) groups is 2. The Balaban J connectivity index is 2.29. The molecule has 0 bridgehead atoms. The average Bonchev–Trinajstić information content (AvgIpc) is 2.64. The summed E-state index contributed by atoms with van der Waals surface area (Å²) in [6.07, 6.45) is 0.255. The molecule has 2 aromatic carbocycles. The van der Waals surface area contributed by atoms with E-state index in [1.165, 1.54) is 30.1 Å². The van der Waals surface area contributed by atoms with E-state index in [0.717, 1.165) is 0 Å². The summed E-state index contributed by atoms with van der Waals surface area (Å²) in [5.41, 5.74) is 0.962. The van der Waals surface area contributed by atoms with Gasteiger partial charge >= 0.3 is 0 Å². The first kappa shape index (κ1) is 19.6. The van der Waals surface area contributed by atoms with Crippen LogP contribution in [0.4, 0.5) is 8.78 Å². The second-order valence-electron chi connectivity index (χ2n) is 5.95. The molecule has 0 radical (unpaired) electrons. The van der Waals surface area contributed by atoms with Crippen molar-refractivity contribution in [2.45, 2.75) is 32.4 Å². The molecule has 26 heavy (non-hydrogen) atoms. The fraction of sp³-hybridized carbons (Fsp3) is 0.300. The van der Waals surface area contributed by atoms with Crippen molar-refractivity contribution in [3.8, 4) is 0 Å². The zero-order chi connectivity index (χ0) is 19.1. The summed E-state index contributed by atoms with van der Waals surface area (Å²) >= 11 is 0. The number of likely N-dealkylation sites (N-methyl/N-ethyl adjacent to an activating group) is 1. The van der Waals surface area contributed by atoms with Crippen molar-refractivity contribution in [2.24, 2.45) is 0 Å². The second-order valence-corrected chi connectivity index (χ2v) is 5.95. The highest BCUT2D eigenvalue weighted by Gasteiger charge is 2.28. The number of carbonyl (C=O) groups excluding carboxylic acids is 2. The highest BCUT2D eigenvalue weighted by atomic mass is 19.1. The van der Waals surface area contributed by atoms with Crippen LogP contribution in [0.2, 0.25) is 0 Å². The molecule has 0 aliphatic rings. The largest absolute Gasteiger partial charge is 0.357 e. The van der Waals surface area contributed by atoms with Crippen molar-refractivity contribution in [3.63, 3.8) is 0 Å². The summed E-state index contributed by atoms with van der Waals surface area (Å²) in [7, 11) is 1.50. The molecule has 6 heteroatoms. The molecule has 0 heterocycles. The molecule has 0 saturated heterocycles. The van der Waals surface area contributed by atoms with Crippen LogP contribution in [0.1, 0.15) is 24.5 Å². The lowest BCUT2D eigenvalue weighted by molar-refractivity contribution is -0.140. The van der Waals surface area contributed by atoms with Crippen LogP contribution in [-0.4, -0.2) is 29.8 Å². The lowest BCUT2D eigenvalue weighted by Crippen LogP contribution is -2.48. The molecule has 2 aromatic rings. The standard InChI is InChI=1S/C20H22F2N2O2/c1-3-18(20(26)23-2)24(13-14-8-10-16(21)11-9-14)19(25)12-15-6-4-5-7-17(15)22/h4-11,18H,3,12-13H2,1-2H3,(H,23,26). The maximum atomic E-state index is 13.9. The number of amides is 2. The molecule has 1 atom stereocenters. The summed E-state index contributed by atoms with van der Waals surface area (Å²) in [6, 6.07) is 11.1. The Bertz CT molecular complexity index is 763. The Hall–Kier alpha value is -2.76. The first-order chi connectivity index (χ1) is 12.5. The van der Waals surface area contributed by atoms with Crippen molar-refractivity contribution >= 4 is 11.8 Å². The summed E-state index contributed by atoms with van der Waals surface area (Å²) in [6.45, 7) is 1.94. The van der Waals surface area contributed by atoms with Gasteiger partial charge in [0.05, 0.1) is 6.42 Å². The zero-order valence-corrected chi connectivity index (χ0v) is 14.8. The third kappa shape index (κ3) is 4.88. The smallest absolute Gasteiger partial charge is 0.242 e. The second kappa shape index (κ2) is 9.08. The molecular weight excluding hydrogens is 338 g/mol. The summed E-state index contributed by atoms with van der Waals surface area (Å²) < 4.78 is 27.0. The number of hydrogen-bond donors (Lipinski definition) is 1. The van der Waals surface area contributed by atoms with Gasteiger partial charge in [0.2, 0.25) is 11.8 Å². The van der Waals surface area contributed by atoms with Crippen LogP contribution in [0.25, 0.3) is 0 Å². The van der Waals surface area contributed by atoms with Crippen molar-refractivity contribution in [1.29, 1.82) is 0 Å². The first-order valence-electron chi connectivity index (χ1n) is 8.45. The number of nitrogens with one attached hydrogen (secondary N) is 1. The Morgan fingerprint density at radius 3 is 2.31 bits per heavy atom. The summed E-state index contributed by atoms with van der Waals surface area (Å²) in [5.74, 6) is -1.50. The van der Waals surface area contributed by atoms with Gasteiger partial charge in [-0.2, -0.15) is 0 Å². The van der Waals surface area contributed by atoms with Crippen LogP contribution >= 0.6 is 0 Å². The van der Waals surface area contributed by atoms with Gasteiger partial charge in [0, 0.05) is 13.6 Å². The molecule has 0 spiro atoms. The average molecular weight is 360 g/mol. The van der Waals surface area contributed by atoms with E-state index < -0.39 is 11.9 Å². The number of rotatable bonds is 7. The predicted molar refractivity (Wildman–Crippen MR) is 95.2 cm³/mol. The van der Waals surface area contributed by atoms with Crippen LogP contribution < -0.4 is 5.32 Å². The lowest BCUT2D eigenvalue weighted by Gasteiger charge is -2.30. The van der Waals surface area contributed by atoms with Gasteiger partial charge in [0.25, 0.3) is 0 Å². The van der Waals surface area contributed by atoms with Crippen LogP contribution in [0.5, 0.6) is 0 Å². The molecule has 2 amide bonds. The quantitative estimate of drug-likeness (QED) is 0.825. The van der Waals surface area contributed by atoms with E-state index in [0.29, 0.717) is 12.0 Å². The number of nitrogens with zero attached hydrogens (tertiary/aromatic N) is 1. The van der Waals surface area contributed by atoms with Crippen molar-refractivity contribution in [1.82, 2.24) is 10.2 Å². The minimum Gasteiger partial charge on any atom is -0.357 e. The molecule has 0 aliphatic heterocycles. The molecule has 1 unspecified atom stereocenters. The third-order valence-corrected chi connectivity index (χ3v) is 4.20. The SMILES string of the molecule is CCC(C(=O)NC)N(Cc1ccc(F)cc1)C(=O)Cc1ccccc1F. The van der Waals surface area contributed by atoms with Crippen molar-refractivity contribution in [3.05, 3.63) is 71.3 Å². The summed E-state index contributed by atoms with van der Waals surface area (Å²) in [5, 5.41) is 2.55. The van der Waals surface area contributed by atoms with E-state index in [-0.39, 0.29) is 36.2 Å². The minimum absolute atomic E-state index is 0.138. The van der Waals surface area contributed by atoms with Gasteiger partial charge in [-0.05, 0) is 35.7 Å². The van der Waals surface area contributed by atoms with E-state index in [1.807, 2.05) is 0 Å². The lowest BCUT2D eigenvalue weighted by atomic mass is 10.1. The van der Waals surface area contributed by atoms with Crippen LogP contribution in [0.3, 0.4) is 0 Å². The Labute approximate surface area is 151 Å². The van der Waals surface area contributed by atoms with Crippen LogP contribution in [-0.2, 0) is 22.6 Å². The third-order valence-electron chi connectivity index (χ3n) is 4.20. The normalized spacial score (nSPS) is 11.7.